The lowest BCUT2D eigenvalue weighted by Crippen LogP contribution is -2.44. The van der Waals surface area contributed by atoms with E-state index >= 15 is 0 Å². The molecule has 1 aliphatic heterocycles. The van der Waals surface area contributed by atoms with E-state index in [1.807, 2.05) is 0 Å². The first-order chi connectivity index (χ1) is 8.37. The second-order valence-corrected chi connectivity index (χ2v) is 5.22. The molecular formula is C10H14N2O4S2. The van der Waals surface area contributed by atoms with Crippen LogP contribution in [0.5, 0.6) is 0 Å². The van der Waals surface area contributed by atoms with Gasteiger partial charge in [0.25, 0.3) is 0 Å². The van der Waals surface area contributed by atoms with Gasteiger partial charge in [0.05, 0.1) is 6.61 Å². The third kappa shape index (κ3) is 2.15. The summed E-state index contributed by atoms with van der Waals surface area (Å²) in [6.45, 7) is 1.05. The van der Waals surface area contributed by atoms with Crippen LogP contribution >= 0.6 is 24.4 Å². The number of nitrogens with one attached hydrogen (secondary N) is 1. The van der Waals surface area contributed by atoms with E-state index in [4.69, 9.17) is 34.3 Å². The van der Waals surface area contributed by atoms with Gasteiger partial charge in [0.1, 0.15) is 22.4 Å². The van der Waals surface area contributed by atoms with E-state index < -0.39 is 24.0 Å². The summed E-state index contributed by atoms with van der Waals surface area (Å²) < 4.78 is 7.64. The van der Waals surface area contributed by atoms with Crippen LogP contribution in [0, 0.1) is 9.41 Å². The van der Waals surface area contributed by atoms with Gasteiger partial charge in [-0.2, -0.15) is 0 Å². The fraction of sp³-hybridized carbons (Fsp3) is 0.600. The molecule has 1 aromatic rings. The van der Waals surface area contributed by atoms with E-state index in [-0.39, 0.29) is 11.4 Å². The van der Waals surface area contributed by atoms with E-state index in [0.29, 0.717) is 4.64 Å². The summed E-state index contributed by atoms with van der Waals surface area (Å²) in [5.74, 6) is 0. The molecule has 0 radical (unpaired) electrons. The Morgan fingerprint density at radius 2 is 2.22 bits per heavy atom. The van der Waals surface area contributed by atoms with Gasteiger partial charge in [0.2, 0.25) is 0 Å². The number of hydrogen-bond acceptors (Lipinski definition) is 6. The third-order valence-corrected chi connectivity index (χ3v) is 3.59. The first-order valence-electron chi connectivity index (χ1n) is 5.36. The summed E-state index contributed by atoms with van der Waals surface area (Å²) in [4.78, 5) is 2.76. The number of ether oxygens (including phenoxy) is 1. The Bertz CT molecular complexity index is 553. The molecule has 6 nitrogen and oxygen atoms in total. The minimum absolute atomic E-state index is 0.276. The van der Waals surface area contributed by atoms with Gasteiger partial charge in [-0.15, -0.1) is 0 Å². The molecule has 100 valence electrons. The average molecular weight is 290 g/mol. The maximum atomic E-state index is 10.3. The fourth-order valence-electron chi connectivity index (χ4n) is 2.00. The summed E-state index contributed by atoms with van der Waals surface area (Å²) in [7, 11) is 0. The number of rotatable bonds is 2. The molecule has 4 atom stereocenters. The molecule has 0 aliphatic carbocycles. The molecule has 1 aliphatic rings. The highest BCUT2D eigenvalue weighted by Gasteiger charge is 2.52. The molecule has 1 aromatic heterocycles. The molecule has 1 unspecified atom stereocenters. The molecule has 0 aromatic carbocycles. The van der Waals surface area contributed by atoms with Crippen LogP contribution in [-0.4, -0.2) is 49.3 Å². The number of aliphatic hydroxyl groups is 3. The van der Waals surface area contributed by atoms with Crippen LogP contribution in [0.2, 0.25) is 0 Å². The Labute approximate surface area is 113 Å². The smallest absolute Gasteiger partial charge is 0.180 e. The van der Waals surface area contributed by atoms with Crippen LogP contribution in [-0.2, 0) is 4.74 Å². The van der Waals surface area contributed by atoms with Crippen molar-refractivity contribution in [1.29, 1.82) is 0 Å². The second-order valence-electron chi connectivity index (χ2n) is 4.40. The van der Waals surface area contributed by atoms with Crippen molar-refractivity contribution in [2.75, 3.05) is 6.61 Å². The molecule has 18 heavy (non-hydrogen) atoms. The van der Waals surface area contributed by atoms with Crippen LogP contribution < -0.4 is 0 Å². The summed E-state index contributed by atoms with van der Waals surface area (Å²) in [6.07, 6.45) is -1.36. The zero-order valence-electron chi connectivity index (χ0n) is 9.61. The van der Waals surface area contributed by atoms with Crippen molar-refractivity contribution in [3.8, 4) is 0 Å². The molecule has 0 amide bonds. The highest BCUT2D eigenvalue weighted by atomic mass is 32.1. The Kier molecular flexibility index (Phi) is 3.67. The minimum atomic E-state index is -1.55. The van der Waals surface area contributed by atoms with Crippen LogP contribution in [0.1, 0.15) is 13.2 Å². The minimum Gasteiger partial charge on any atom is -0.394 e. The predicted octanol–water partition coefficient (Wildman–Crippen LogP) is 0.277. The topological polar surface area (TPSA) is 90.6 Å². The van der Waals surface area contributed by atoms with Crippen molar-refractivity contribution >= 4 is 24.4 Å². The van der Waals surface area contributed by atoms with Gasteiger partial charge in [-0.05, 0) is 25.2 Å². The average Bonchev–Trinajstić information content (AvgIpc) is 2.52. The Hall–Kier alpha value is -0.640. The molecule has 1 saturated heterocycles. The summed E-state index contributed by atoms with van der Waals surface area (Å²) >= 11 is 10.0. The van der Waals surface area contributed by atoms with Gasteiger partial charge in [-0.1, -0.05) is 12.2 Å². The molecule has 1 fully saturated rings. The van der Waals surface area contributed by atoms with E-state index in [1.54, 1.807) is 12.3 Å². The molecule has 0 spiro atoms. The van der Waals surface area contributed by atoms with Crippen LogP contribution in [0.25, 0.3) is 0 Å². The highest BCUT2D eigenvalue weighted by Crippen LogP contribution is 2.37. The third-order valence-electron chi connectivity index (χ3n) is 3.04. The van der Waals surface area contributed by atoms with Gasteiger partial charge in [0, 0.05) is 6.20 Å². The largest absolute Gasteiger partial charge is 0.394 e. The Balaban J connectivity index is 2.45. The fourth-order valence-corrected chi connectivity index (χ4v) is 2.49. The van der Waals surface area contributed by atoms with Gasteiger partial charge < -0.3 is 25.0 Å². The number of nitrogens with zero attached hydrogens (tertiary/aromatic N) is 1. The molecule has 0 saturated carbocycles. The SMILES string of the molecule is CC1(O)[C@@H](O)[C@@H](CO)O[C@H]1n1ccc(=S)[nH]c1=S. The van der Waals surface area contributed by atoms with Gasteiger partial charge >= 0.3 is 0 Å². The lowest BCUT2D eigenvalue weighted by molar-refractivity contribution is -0.0979. The van der Waals surface area contributed by atoms with E-state index in [0.717, 1.165) is 0 Å². The van der Waals surface area contributed by atoms with Crippen molar-refractivity contribution in [2.45, 2.75) is 31.0 Å². The number of aromatic amines is 1. The molecule has 0 bridgehead atoms. The van der Waals surface area contributed by atoms with Crippen molar-refractivity contribution in [1.82, 2.24) is 9.55 Å². The molecule has 2 heterocycles. The maximum absolute atomic E-state index is 10.3. The monoisotopic (exact) mass is 290 g/mol. The van der Waals surface area contributed by atoms with Gasteiger partial charge in [-0.25, -0.2) is 0 Å². The number of H-pyrrole nitrogens is 1. The lowest BCUT2D eigenvalue weighted by Gasteiger charge is -2.28. The van der Waals surface area contributed by atoms with Gasteiger partial charge in [0.15, 0.2) is 11.0 Å². The summed E-state index contributed by atoms with van der Waals surface area (Å²) in [6, 6.07) is 1.60. The molecular weight excluding hydrogens is 276 g/mol. The zero-order valence-corrected chi connectivity index (χ0v) is 11.2. The summed E-state index contributed by atoms with van der Waals surface area (Å²) in [5, 5.41) is 29.2. The number of aliphatic hydroxyl groups excluding tert-OH is 2. The van der Waals surface area contributed by atoms with E-state index in [1.165, 1.54) is 11.5 Å². The lowest BCUT2D eigenvalue weighted by atomic mass is 9.96. The number of aromatic nitrogens is 2. The van der Waals surface area contributed by atoms with Crippen LogP contribution in [0.4, 0.5) is 0 Å². The van der Waals surface area contributed by atoms with Crippen LogP contribution in [0.3, 0.4) is 0 Å². The zero-order chi connectivity index (χ0) is 13.5. The van der Waals surface area contributed by atoms with E-state index in [9.17, 15) is 10.2 Å². The van der Waals surface area contributed by atoms with Crippen molar-refractivity contribution in [3.63, 3.8) is 0 Å². The van der Waals surface area contributed by atoms with E-state index in [2.05, 4.69) is 4.98 Å². The standard InChI is InChI=1S/C10H14N2O4S2/c1-10(15)7(14)5(4-13)16-8(10)12-3-2-6(17)11-9(12)18/h2-3,5,7-8,13-15H,4H2,1H3,(H,11,17,18)/t5-,7+,8-,10?/m1/s1. The highest BCUT2D eigenvalue weighted by molar-refractivity contribution is 7.72. The van der Waals surface area contributed by atoms with Gasteiger partial charge in [-0.3, -0.25) is 4.57 Å². The van der Waals surface area contributed by atoms with Crippen molar-refractivity contribution in [3.05, 3.63) is 21.7 Å². The Morgan fingerprint density at radius 1 is 1.56 bits per heavy atom. The molecule has 4 N–H and O–H groups in total. The second kappa shape index (κ2) is 4.80. The molecule has 8 heteroatoms. The van der Waals surface area contributed by atoms with Crippen molar-refractivity contribution in [2.24, 2.45) is 0 Å². The predicted molar refractivity (Wildman–Crippen MR) is 68.1 cm³/mol. The van der Waals surface area contributed by atoms with Crippen LogP contribution in [0.15, 0.2) is 12.3 Å². The maximum Gasteiger partial charge on any atom is 0.180 e. The Morgan fingerprint density at radius 3 is 2.72 bits per heavy atom. The summed E-state index contributed by atoms with van der Waals surface area (Å²) in [5.41, 5.74) is -1.55. The first kappa shape index (κ1) is 13.8. The first-order valence-corrected chi connectivity index (χ1v) is 6.18. The molecule has 2 rings (SSSR count). The number of hydrogen-bond donors (Lipinski definition) is 4. The van der Waals surface area contributed by atoms with Crippen molar-refractivity contribution < 1.29 is 20.1 Å². The normalized spacial score (nSPS) is 35.9. The quantitative estimate of drug-likeness (QED) is 0.585.